The molecule has 0 radical (unpaired) electrons. The van der Waals surface area contributed by atoms with Crippen molar-refractivity contribution in [3.8, 4) is 0 Å². The molecule has 1 unspecified atom stereocenters. The molecule has 0 saturated heterocycles. The Kier molecular flexibility index (Phi) is 5.77. The van der Waals surface area contributed by atoms with Gasteiger partial charge in [-0.3, -0.25) is 9.59 Å². The number of hydrogen-bond acceptors (Lipinski definition) is 3. The van der Waals surface area contributed by atoms with Crippen LogP contribution in [0.5, 0.6) is 0 Å². The van der Waals surface area contributed by atoms with E-state index in [1.165, 1.54) is 6.26 Å². The molecular formula is C28H24N2O3. The van der Waals surface area contributed by atoms with Crippen LogP contribution in [0.3, 0.4) is 0 Å². The minimum absolute atomic E-state index is 0.192. The van der Waals surface area contributed by atoms with Gasteiger partial charge < -0.3 is 14.6 Å². The summed E-state index contributed by atoms with van der Waals surface area (Å²) in [5.41, 5.74) is 4.09. The van der Waals surface area contributed by atoms with Crippen molar-refractivity contribution in [2.45, 2.75) is 25.0 Å². The van der Waals surface area contributed by atoms with Gasteiger partial charge in [-0.1, -0.05) is 84.9 Å². The van der Waals surface area contributed by atoms with E-state index in [0.29, 0.717) is 13.0 Å². The zero-order chi connectivity index (χ0) is 22.6. The van der Waals surface area contributed by atoms with Crippen molar-refractivity contribution in [3.05, 3.63) is 131 Å². The second-order valence-electron chi connectivity index (χ2n) is 8.16. The first-order valence-electron chi connectivity index (χ1n) is 11.0. The fourth-order valence-electron chi connectivity index (χ4n) is 4.40. The van der Waals surface area contributed by atoms with Crippen LogP contribution in [0.15, 0.2) is 108 Å². The van der Waals surface area contributed by atoms with Crippen molar-refractivity contribution in [1.82, 2.24) is 10.2 Å². The van der Waals surface area contributed by atoms with Gasteiger partial charge in [0.2, 0.25) is 5.91 Å². The second kappa shape index (κ2) is 9.17. The van der Waals surface area contributed by atoms with E-state index in [4.69, 9.17) is 4.42 Å². The van der Waals surface area contributed by atoms with Crippen molar-refractivity contribution >= 4 is 11.8 Å². The van der Waals surface area contributed by atoms with Crippen LogP contribution in [-0.2, 0) is 17.8 Å². The number of carbonyl (C=O) groups excluding carboxylic acids is 2. The van der Waals surface area contributed by atoms with Crippen LogP contribution >= 0.6 is 0 Å². The highest BCUT2D eigenvalue weighted by Gasteiger charge is 2.37. The number of fused-ring (bicyclic) bond motifs is 1. The Hall–Kier alpha value is -4.12. The van der Waals surface area contributed by atoms with Crippen LogP contribution in [0.1, 0.15) is 38.9 Å². The van der Waals surface area contributed by atoms with Gasteiger partial charge in [-0.2, -0.15) is 0 Å². The molecule has 0 fully saturated rings. The van der Waals surface area contributed by atoms with Gasteiger partial charge in [0.15, 0.2) is 5.76 Å². The summed E-state index contributed by atoms with van der Waals surface area (Å²) in [6.07, 6.45) is 1.92. The number of benzene rings is 3. The average molecular weight is 437 g/mol. The van der Waals surface area contributed by atoms with E-state index in [9.17, 15) is 9.59 Å². The molecule has 4 aromatic rings. The summed E-state index contributed by atoms with van der Waals surface area (Å²) >= 11 is 0. The smallest absolute Gasteiger partial charge is 0.290 e. The molecule has 5 nitrogen and oxygen atoms in total. The standard InChI is InChI=1S/C28H24N2O3/c31-27(29-26(20-10-3-1-4-11-20)21-12-5-2-6-13-21)24-18-22-14-7-8-15-23(22)19-30(24)28(32)25-16-9-17-33-25/h1-17,24,26H,18-19H2,(H,29,31). The Morgan fingerprint density at radius 1 is 0.788 bits per heavy atom. The maximum absolute atomic E-state index is 13.7. The van der Waals surface area contributed by atoms with Gasteiger partial charge in [-0.15, -0.1) is 0 Å². The maximum Gasteiger partial charge on any atom is 0.290 e. The molecule has 0 spiro atoms. The molecule has 5 rings (SSSR count). The quantitative estimate of drug-likeness (QED) is 0.491. The average Bonchev–Trinajstić information content (AvgIpc) is 3.42. The van der Waals surface area contributed by atoms with Gasteiger partial charge in [-0.05, 0) is 34.4 Å². The number of hydrogen-bond donors (Lipinski definition) is 1. The number of amides is 2. The number of rotatable bonds is 5. The molecule has 0 saturated carbocycles. The highest BCUT2D eigenvalue weighted by Crippen LogP contribution is 2.27. The molecule has 1 N–H and O–H groups in total. The predicted molar refractivity (Wildman–Crippen MR) is 125 cm³/mol. The predicted octanol–water partition coefficient (Wildman–Crippen LogP) is 4.75. The number of furan rings is 1. The highest BCUT2D eigenvalue weighted by atomic mass is 16.3. The second-order valence-corrected chi connectivity index (χ2v) is 8.16. The zero-order valence-electron chi connectivity index (χ0n) is 18.1. The van der Waals surface area contributed by atoms with E-state index in [1.807, 2.05) is 84.9 Å². The highest BCUT2D eigenvalue weighted by molar-refractivity contribution is 5.96. The first kappa shape index (κ1) is 20.8. The van der Waals surface area contributed by atoms with Gasteiger partial charge in [-0.25, -0.2) is 0 Å². The summed E-state index contributed by atoms with van der Waals surface area (Å²) in [6, 6.07) is 30.0. The van der Waals surface area contributed by atoms with Crippen molar-refractivity contribution in [3.63, 3.8) is 0 Å². The number of nitrogens with zero attached hydrogens (tertiary/aromatic N) is 1. The van der Waals surface area contributed by atoms with Crippen LogP contribution in [0, 0.1) is 0 Å². The third-order valence-electron chi connectivity index (χ3n) is 6.10. The first-order valence-corrected chi connectivity index (χ1v) is 11.0. The van der Waals surface area contributed by atoms with Crippen LogP contribution in [-0.4, -0.2) is 22.8 Å². The van der Waals surface area contributed by atoms with E-state index >= 15 is 0 Å². The lowest BCUT2D eigenvalue weighted by atomic mass is 9.92. The summed E-state index contributed by atoms with van der Waals surface area (Å²) in [7, 11) is 0. The fourth-order valence-corrected chi connectivity index (χ4v) is 4.40. The normalized spacial score (nSPS) is 15.2. The van der Waals surface area contributed by atoms with Gasteiger partial charge in [0, 0.05) is 13.0 Å². The fraction of sp³-hybridized carbons (Fsp3) is 0.143. The van der Waals surface area contributed by atoms with Gasteiger partial charge >= 0.3 is 0 Å². The molecule has 1 aliphatic heterocycles. The van der Waals surface area contributed by atoms with Crippen LogP contribution in [0.4, 0.5) is 0 Å². The molecule has 2 amide bonds. The lowest BCUT2D eigenvalue weighted by Gasteiger charge is -2.36. The molecular weight excluding hydrogens is 412 g/mol. The Morgan fingerprint density at radius 2 is 1.39 bits per heavy atom. The van der Waals surface area contributed by atoms with Crippen LogP contribution < -0.4 is 5.32 Å². The maximum atomic E-state index is 13.7. The molecule has 5 heteroatoms. The molecule has 0 aliphatic carbocycles. The van der Waals surface area contributed by atoms with E-state index in [0.717, 1.165) is 22.3 Å². The van der Waals surface area contributed by atoms with Gasteiger partial charge in [0.1, 0.15) is 6.04 Å². The molecule has 1 atom stereocenters. The SMILES string of the molecule is O=C(NC(c1ccccc1)c1ccccc1)C1Cc2ccccc2CN1C(=O)c1ccco1. The van der Waals surface area contributed by atoms with Crippen LogP contribution in [0.2, 0.25) is 0 Å². The number of carbonyl (C=O) groups is 2. The molecule has 2 heterocycles. The summed E-state index contributed by atoms with van der Waals surface area (Å²) in [4.78, 5) is 28.6. The Labute approximate surface area is 192 Å². The summed E-state index contributed by atoms with van der Waals surface area (Å²) in [5.74, 6) is -0.248. The molecule has 164 valence electrons. The Balaban J connectivity index is 1.48. The van der Waals surface area contributed by atoms with Crippen molar-refractivity contribution in [2.24, 2.45) is 0 Å². The monoisotopic (exact) mass is 436 g/mol. The van der Waals surface area contributed by atoms with Crippen LogP contribution in [0.25, 0.3) is 0 Å². The zero-order valence-corrected chi connectivity index (χ0v) is 18.1. The van der Waals surface area contributed by atoms with E-state index in [2.05, 4.69) is 5.32 Å². The third-order valence-corrected chi connectivity index (χ3v) is 6.10. The first-order chi connectivity index (χ1) is 16.2. The minimum atomic E-state index is -0.646. The molecule has 1 aromatic heterocycles. The Bertz CT molecular complexity index is 1200. The molecule has 1 aliphatic rings. The topological polar surface area (TPSA) is 62.6 Å². The van der Waals surface area contributed by atoms with E-state index < -0.39 is 6.04 Å². The molecule has 0 bridgehead atoms. The molecule has 3 aromatic carbocycles. The third kappa shape index (κ3) is 4.30. The summed E-state index contributed by atoms with van der Waals surface area (Å²) in [6.45, 7) is 0.356. The Morgan fingerprint density at radius 3 is 2.00 bits per heavy atom. The lowest BCUT2D eigenvalue weighted by molar-refractivity contribution is -0.126. The van der Waals surface area contributed by atoms with Crippen molar-refractivity contribution in [1.29, 1.82) is 0 Å². The largest absolute Gasteiger partial charge is 0.459 e. The minimum Gasteiger partial charge on any atom is -0.459 e. The van der Waals surface area contributed by atoms with Crippen molar-refractivity contribution in [2.75, 3.05) is 0 Å². The lowest BCUT2D eigenvalue weighted by Crippen LogP contribution is -2.53. The van der Waals surface area contributed by atoms with Gasteiger partial charge in [0.05, 0.1) is 12.3 Å². The molecule has 33 heavy (non-hydrogen) atoms. The summed E-state index contributed by atoms with van der Waals surface area (Å²) < 4.78 is 5.36. The van der Waals surface area contributed by atoms with E-state index in [1.54, 1.807) is 17.0 Å². The van der Waals surface area contributed by atoms with E-state index in [-0.39, 0.29) is 23.6 Å². The summed E-state index contributed by atoms with van der Waals surface area (Å²) in [5, 5.41) is 3.22. The number of nitrogens with one attached hydrogen (secondary N) is 1. The van der Waals surface area contributed by atoms with Gasteiger partial charge in [0.25, 0.3) is 5.91 Å². The van der Waals surface area contributed by atoms with Crippen molar-refractivity contribution < 1.29 is 14.0 Å².